The van der Waals surface area contributed by atoms with Crippen molar-refractivity contribution in [1.29, 1.82) is 0 Å². The van der Waals surface area contributed by atoms with E-state index in [0.29, 0.717) is 0 Å². The zero-order valence-electron chi connectivity index (χ0n) is 10.2. The van der Waals surface area contributed by atoms with Crippen LogP contribution < -0.4 is 4.74 Å². The molecule has 0 spiro atoms. The van der Waals surface area contributed by atoms with Crippen molar-refractivity contribution < 1.29 is 4.74 Å². The summed E-state index contributed by atoms with van der Waals surface area (Å²) >= 11 is 8.75. The highest BCUT2D eigenvalue weighted by Gasteiger charge is 2.09. The number of ether oxygens (including phenoxy) is 1. The van der Waals surface area contributed by atoms with E-state index in [1.807, 2.05) is 24.3 Å². The lowest BCUT2D eigenvalue weighted by Crippen LogP contribution is -1.95. The third kappa shape index (κ3) is 2.36. The van der Waals surface area contributed by atoms with Gasteiger partial charge < -0.3 is 4.74 Å². The standard InChI is InChI=1S/C14H11NOS3/c1-16-11-6-4-10(5-7-11)15-12(9-19-14(15)17)13-3-2-8-18-13/h2-9H,1H3. The maximum Gasteiger partial charge on any atom is 0.166 e. The third-order valence-electron chi connectivity index (χ3n) is 2.80. The number of rotatable bonds is 3. The molecule has 0 N–H and O–H groups in total. The second-order valence-corrected chi connectivity index (χ2v) is 6.35. The zero-order valence-corrected chi connectivity index (χ0v) is 12.6. The summed E-state index contributed by atoms with van der Waals surface area (Å²) in [4.78, 5) is 1.23. The van der Waals surface area contributed by atoms with Gasteiger partial charge in [0, 0.05) is 11.1 Å². The second kappa shape index (κ2) is 5.28. The molecule has 5 heteroatoms. The van der Waals surface area contributed by atoms with Crippen LogP contribution in [0.15, 0.2) is 47.2 Å². The lowest BCUT2D eigenvalue weighted by atomic mass is 10.3. The van der Waals surface area contributed by atoms with Crippen LogP contribution in [-0.2, 0) is 0 Å². The van der Waals surface area contributed by atoms with Gasteiger partial charge in [-0.15, -0.1) is 22.7 Å². The molecule has 0 aliphatic carbocycles. The van der Waals surface area contributed by atoms with Crippen LogP contribution in [-0.4, -0.2) is 11.7 Å². The van der Waals surface area contributed by atoms with Gasteiger partial charge in [-0.05, 0) is 47.9 Å². The molecule has 0 aliphatic rings. The average molecular weight is 305 g/mol. The summed E-state index contributed by atoms with van der Waals surface area (Å²) < 4.78 is 8.15. The van der Waals surface area contributed by atoms with E-state index in [9.17, 15) is 0 Å². The SMILES string of the molecule is COc1ccc(-n2c(-c3cccs3)csc2=S)cc1. The van der Waals surface area contributed by atoms with Crippen LogP contribution in [0.3, 0.4) is 0 Å². The van der Waals surface area contributed by atoms with Gasteiger partial charge in [0.1, 0.15) is 5.75 Å². The molecule has 0 saturated heterocycles. The highest BCUT2D eigenvalue weighted by Crippen LogP contribution is 2.31. The molecule has 0 fully saturated rings. The minimum absolute atomic E-state index is 0.850. The van der Waals surface area contributed by atoms with Gasteiger partial charge in [-0.1, -0.05) is 6.07 Å². The first-order valence-corrected chi connectivity index (χ1v) is 7.85. The molecule has 0 bridgehead atoms. The molecule has 2 heterocycles. The Morgan fingerprint density at radius 2 is 1.89 bits per heavy atom. The van der Waals surface area contributed by atoms with Crippen LogP contribution in [0.25, 0.3) is 16.3 Å². The molecule has 0 unspecified atom stereocenters. The normalized spacial score (nSPS) is 10.6. The fourth-order valence-corrected chi connectivity index (χ4v) is 3.79. The number of nitrogens with zero attached hydrogens (tertiary/aromatic N) is 1. The number of methoxy groups -OCH3 is 1. The minimum Gasteiger partial charge on any atom is -0.497 e. The summed E-state index contributed by atoms with van der Waals surface area (Å²) in [6.07, 6.45) is 0. The van der Waals surface area contributed by atoms with Crippen LogP contribution in [0.5, 0.6) is 5.75 Å². The van der Waals surface area contributed by atoms with Crippen molar-refractivity contribution >= 4 is 34.9 Å². The maximum absolute atomic E-state index is 5.44. The van der Waals surface area contributed by atoms with Crippen LogP contribution in [0.4, 0.5) is 0 Å². The largest absolute Gasteiger partial charge is 0.497 e. The molecule has 0 saturated carbocycles. The van der Waals surface area contributed by atoms with Gasteiger partial charge in [0.2, 0.25) is 0 Å². The van der Waals surface area contributed by atoms with Crippen LogP contribution in [0.1, 0.15) is 0 Å². The van der Waals surface area contributed by atoms with Crippen molar-refractivity contribution in [2.75, 3.05) is 7.11 Å². The van der Waals surface area contributed by atoms with Gasteiger partial charge in [-0.2, -0.15) is 0 Å². The average Bonchev–Trinajstić information content (AvgIpc) is 3.08. The summed E-state index contributed by atoms with van der Waals surface area (Å²) in [5.41, 5.74) is 2.21. The molecule has 1 aromatic carbocycles. The van der Waals surface area contributed by atoms with E-state index < -0.39 is 0 Å². The van der Waals surface area contributed by atoms with Crippen LogP contribution in [0, 0.1) is 3.95 Å². The summed E-state index contributed by atoms with van der Waals surface area (Å²) in [7, 11) is 1.67. The molecule has 0 radical (unpaired) electrons. The minimum atomic E-state index is 0.850. The smallest absolute Gasteiger partial charge is 0.166 e. The molecular weight excluding hydrogens is 294 g/mol. The van der Waals surface area contributed by atoms with Crippen molar-refractivity contribution in [3.05, 3.63) is 51.1 Å². The van der Waals surface area contributed by atoms with Gasteiger partial charge in [0.15, 0.2) is 3.95 Å². The monoisotopic (exact) mass is 305 g/mol. The summed E-state index contributed by atoms with van der Waals surface area (Å²) in [6.45, 7) is 0. The first kappa shape index (κ1) is 12.6. The number of thiophene rings is 1. The first-order chi connectivity index (χ1) is 9.29. The Hall–Kier alpha value is -1.43. The molecule has 2 nitrogen and oxygen atoms in total. The molecular formula is C14H11NOS3. The van der Waals surface area contributed by atoms with Gasteiger partial charge in [-0.3, -0.25) is 4.57 Å². The molecule has 3 aromatic rings. The second-order valence-electron chi connectivity index (χ2n) is 3.90. The molecule has 96 valence electrons. The first-order valence-electron chi connectivity index (χ1n) is 5.68. The van der Waals surface area contributed by atoms with Gasteiger partial charge in [0.25, 0.3) is 0 Å². The third-order valence-corrected chi connectivity index (χ3v) is 4.89. The Morgan fingerprint density at radius 3 is 2.53 bits per heavy atom. The Kier molecular flexibility index (Phi) is 3.50. The van der Waals surface area contributed by atoms with Gasteiger partial charge >= 0.3 is 0 Å². The molecule has 0 atom stereocenters. The predicted molar refractivity (Wildman–Crippen MR) is 84.3 cm³/mol. The zero-order chi connectivity index (χ0) is 13.2. The maximum atomic E-state index is 5.44. The Morgan fingerprint density at radius 1 is 1.11 bits per heavy atom. The molecule has 2 aromatic heterocycles. The highest BCUT2D eigenvalue weighted by molar-refractivity contribution is 7.73. The fourth-order valence-electron chi connectivity index (χ4n) is 1.88. The van der Waals surface area contributed by atoms with E-state index in [0.717, 1.165) is 21.1 Å². The number of hydrogen-bond acceptors (Lipinski definition) is 4. The van der Waals surface area contributed by atoms with E-state index in [1.54, 1.807) is 29.8 Å². The Bertz CT molecular complexity index is 723. The lowest BCUT2D eigenvalue weighted by Gasteiger charge is -2.08. The summed E-state index contributed by atoms with van der Waals surface area (Å²) in [5.74, 6) is 0.850. The van der Waals surface area contributed by atoms with Crippen LogP contribution >= 0.6 is 34.9 Å². The molecule has 19 heavy (non-hydrogen) atoms. The summed E-state index contributed by atoms with van der Waals surface area (Å²) in [5, 5.41) is 4.19. The molecule has 3 rings (SSSR count). The van der Waals surface area contributed by atoms with E-state index in [4.69, 9.17) is 17.0 Å². The van der Waals surface area contributed by atoms with Crippen molar-refractivity contribution in [1.82, 2.24) is 4.57 Å². The van der Waals surface area contributed by atoms with Gasteiger partial charge in [-0.25, -0.2) is 0 Å². The topological polar surface area (TPSA) is 14.2 Å². The van der Waals surface area contributed by atoms with Crippen LogP contribution in [0.2, 0.25) is 0 Å². The number of hydrogen-bond donors (Lipinski definition) is 0. The van der Waals surface area contributed by atoms with E-state index in [-0.39, 0.29) is 0 Å². The highest BCUT2D eigenvalue weighted by atomic mass is 32.1. The Labute approximate surface area is 124 Å². The lowest BCUT2D eigenvalue weighted by molar-refractivity contribution is 0.415. The fraction of sp³-hybridized carbons (Fsp3) is 0.0714. The molecule has 0 aliphatic heterocycles. The predicted octanol–water partition coefficient (Wildman–Crippen LogP) is 5.01. The number of thiazole rings is 1. The number of benzene rings is 1. The van der Waals surface area contributed by atoms with E-state index in [1.165, 1.54) is 4.88 Å². The summed E-state index contributed by atoms with van der Waals surface area (Å²) in [6, 6.07) is 12.1. The Balaban J connectivity index is 2.14. The molecule has 0 amide bonds. The number of aromatic nitrogens is 1. The van der Waals surface area contributed by atoms with E-state index >= 15 is 0 Å². The van der Waals surface area contributed by atoms with Gasteiger partial charge in [0.05, 0.1) is 17.7 Å². The quantitative estimate of drug-likeness (QED) is 0.632. The van der Waals surface area contributed by atoms with Crippen molar-refractivity contribution in [3.63, 3.8) is 0 Å². The van der Waals surface area contributed by atoms with Crippen molar-refractivity contribution in [3.8, 4) is 22.0 Å². The van der Waals surface area contributed by atoms with Crippen molar-refractivity contribution in [2.24, 2.45) is 0 Å². The van der Waals surface area contributed by atoms with Crippen molar-refractivity contribution in [2.45, 2.75) is 0 Å². The van der Waals surface area contributed by atoms with E-state index in [2.05, 4.69) is 27.5 Å².